The van der Waals surface area contributed by atoms with Crippen molar-refractivity contribution in [1.82, 2.24) is 15.5 Å². The van der Waals surface area contributed by atoms with E-state index in [-0.39, 0.29) is 0 Å². The van der Waals surface area contributed by atoms with Crippen molar-refractivity contribution in [3.63, 3.8) is 0 Å². The quantitative estimate of drug-likeness (QED) is 0.760. The van der Waals surface area contributed by atoms with Gasteiger partial charge in [-0.05, 0) is 25.8 Å². The van der Waals surface area contributed by atoms with E-state index in [0.717, 1.165) is 18.8 Å². The molecule has 2 rings (SSSR count). The number of nitrogens with one attached hydrogen (secondary N) is 2. The highest BCUT2D eigenvalue weighted by molar-refractivity contribution is 5.02. The summed E-state index contributed by atoms with van der Waals surface area (Å²) in [6.45, 7) is 3.98. The lowest BCUT2D eigenvalue weighted by Crippen LogP contribution is -2.28. The van der Waals surface area contributed by atoms with Gasteiger partial charge in [-0.15, -0.1) is 0 Å². The minimum atomic E-state index is 0.321. The van der Waals surface area contributed by atoms with Gasteiger partial charge in [0.05, 0.1) is 11.8 Å². The number of aromatic nitrogens is 2. The van der Waals surface area contributed by atoms with Crippen LogP contribution in [0, 0.1) is 0 Å². The summed E-state index contributed by atoms with van der Waals surface area (Å²) in [5.41, 5.74) is 1.13. The van der Waals surface area contributed by atoms with Crippen molar-refractivity contribution in [3.05, 3.63) is 18.0 Å². The molecule has 0 saturated carbocycles. The number of nitrogens with zero attached hydrogens (tertiary/aromatic N) is 1. The highest BCUT2D eigenvalue weighted by Gasteiger charge is 2.16. The Balaban J connectivity index is 1.74. The van der Waals surface area contributed by atoms with Crippen molar-refractivity contribution >= 4 is 0 Å². The summed E-state index contributed by atoms with van der Waals surface area (Å²) in [5, 5.41) is 10.3. The molecule has 78 valence electrons. The molecule has 2 atom stereocenters. The monoisotopic (exact) mass is 195 g/mol. The van der Waals surface area contributed by atoms with Crippen LogP contribution < -0.4 is 5.32 Å². The van der Waals surface area contributed by atoms with E-state index in [1.165, 1.54) is 12.8 Å². The van der Waals surface area contributed by atoms with E-state index in [2.05, 4.69) is 22.4 Å². The van der Waals surface area contributed by atoms with Crippen LogP contribution >= 0.6 is 0 Å². The molecule has 14 heavy (non-hydrogen) atoms. The molecule has 1 aromatic rings. The molecular formula is C10H17N3O. The number of rotatable bonds is 4. The summed E-state index contributed by atoms with van der Waals surface area (Å²) in [4.78, 5) is 0. The molecular weight excluding hydrogens is 178 g/mol. The first kappa shape index (κ1) is 9.68. The Morgan fingerprint density at radius 3 is 3.36 bits per heavy atom. The van der Waals surface area contributed by atoms with E-state index in [1.807, 2.05) is 6.07 Å². The maximum absolute atomic E-state index is 5.53. The predicted octanol–water partition coefficient (Wildman–Crippen LogP) is 1.24. The van der Waals surface area contributed by atoms with Crippen LogP contribution in [0.25, 0.3) is 0 Å². The van der Waals surface area contributed by atoms with Gasteiger partial charge in [-0.2, -0.15) is 5.10 Å². The van der Waals surface area contributed by atoms with Gasteiger partial charge >= 0.3 is 0 Å². The molecule has 1 aliphatic heterocycles. The average Bonchev–Trinajstić information content (AvgIpc) is 2.87. The fraction of sp³-hybridized carbons (Fsp3) is 0.700. The topological polar surface area (TPSA) is 49.9 Å². The first-order valence-corrected chi connectivity index (χ1v) is 5.20. The first-order valence-electron chi connectivity index (χ1n) is 5.20. The summed E-state index contributed by atoms with van der Waals surface area (Å²) >= 11 is 0. The van der Waals surface area contributed by atoms with Gasteiger partial charge in [-0.1, -0.05) is 0 Å². The Kier molecular flexibility index (Phi) is 3.16. The molecule has 0 radical (unpaired) electrons. The van der Waals surface area contributed by atoms with Gasteiger partial charge in [-0.25, -0.2) is 0 Å². The molecule has 1 aliphatic rings. The van der Waals surface area contributed by atoms with Crippen molar-refractivity contribution in [2.45, 2.75) is 31.9 Å². The minimum Gasteiger partial charge on any atom is -0.377 e. The Morgan fingerprint density at radius 2 is 2.71 bits per heavy atom. The van der Waals surface area contributed by atoms with E-state index < -0.39 is 0 Å². The Morgan fingerprint density at radius 1 is 1.79 bits per heavy atom. The molecule has 0 aromatic carbocycles. The Labute approximate surface area is 84.0 Å². The van der Waals surface area contributed by atoms with E-state index in [9.17, 15) is 0 Å². The summed E-state index contributed by atoms with van der Waals surface area (Å²) in [6.07, 6.45) is 4.56. The first-order chi connectivity index (χ1) is 6.86. The summed E-state index contributed by atoms with van der Waals surface area (Å²) < 4.78 is 5.53. The molecule has 1 saturated heterocycles. The SMILES string of the molecule is CC(NCC1CCCO1)c1ccn[nH]1. The highest BCUT2D eigenvalue weighted by atomic mass is 16.5. The third-order valence-electron chi connectivity index (χ3n) is 2.66. The van der Waals surface area contributed by atoms with Crippen LogP contribution in [0.4, 0.5) is 0 Å². The van der Waals surface area contributed by atoms with Crippen molar-refractivity contribution in [3.8, 4) is 0 Å². The summed E-state index contributed by atoms with van der Waals surface area (Å²) in [6, 6.07) is 2.31. The second-order valence-electron chi connectivity index (χ2n) is 3.78. The number of H-pyrrole nitrogens is 1. The maximum Gasteiger partial charge on any atom is 0.0700 e. The second-order valence-corrected chi connectivity index (χ2v) is 3.78. The molecule has 1 fully saturated rings. The molecule has 1 aromatic heterocycles. The Bertz CT molecular complexity index is 254. The highest BCUT2D eigenvalue weighted by Crippen LogP contribution is 2.13. The molecule has 0 aliphatic carbocycles. The fourth-order valence-electron chi connectivity index (χ4n) is 1.73. The van der Waals surface area contributed by atoms with Crippen molar-refractivity contribution in [2.24, 2.45) is 0 Å². The van der Waals surface area contributed by atoms with Crippen LogP contribution in [0.3, 0.4) is 0 Å². The molecule has 4 nitrogen and oxygen atoms in total. The number of hydrogen-bond acceptors (Lipinski definition) is 3. The summed E-state index contributed by atoms with van der Waals surface area (Å²) in [5.74, 6) is 0. The van der Waals surface area contributed by atoms with Gasteiger partial charge in [0, 0.05) is 25.4 Å². The molecule has 2 N–H and O–H groups in total. The van der Waals surface area contributed by atoms with E-state index in [4.69, 9.17) is 4.74 Å². The number of aromatic amines is 1. The maximum atomic E-state index is 5.53. The van der Waals surface area contributed by atoms with Gasteiger partial charge in [0.15, 0.2) is 0 Å². The largest absolute Gasteiger partial charge is 0.377 e. The molecule has 4 heteroatoms. The molecule has 2 heterocycles. The van der Waals surface area contributed by atoms with Crippen molar-refractivity contribution < 1.29 is 4.74 Å². The summed E-state index contributed by atoms with van der Waals surface area (Å²) in [7, 11) is 0. The molecule has 2 unspecified atom stereocenters. The van der Waals surface area contributed by atoms with Crippen LogP contribution in [0.5, 0.6) is 0 Å². The van der Waals surface area contributed by atoms with Gasteiger partial charge in [0.25, 0.3) is 0 Å². The van der Waals surface area contributed by atoms with Crippen LogP contribution in [0.1, 0.15) is 31.5 Å². The third-order valence-corrected chi connectivity index (χ3v) is 2.66. The number of hydrogen-bond donors (Lipinski definition) is 2. The lowest BCUT2D eigenvalue weighted by atomic mass is 10.2. The molecule has 0 bridgehead atoms. The van der Waals surface area contributed by atoms with Crippen LogP contribution in [-0.4, -0.2) is 29.5 Å². The zero-order chi connectivity index (χ0) is 9.80. The van der Waals surface area contributed by atoms with Crippen LogP contribution in [0.2, 0.25) is 0 Å². The minimum absolute atomic E-state index is 0.321. The molecule has 0 spiro atoms. The third kappa shape index (κ3) is 2.33. The Hall–Kier alpha value is -0.870. The van der Waals surface area contributed by atoms with E-state index in [1.54, 1.807) is 6.20 Å². The fourth-order valence-corrected chi connectivity index (χ4v) is 1.73. The van der Waals surface area contributed by atoms with Crippen LogP contribution in [0.15, 0.2) is 12.3 Å². The van der Waals surface area contributed by atoms with E-state index >= 15 is 0 Å². The van der Waals surface area contributed by atoms with Crippen LogP contribution in [-0.2, 0) is 4.74 Å². The van der Waals surface area contributed by atoms with Gasteiger partial charge < -0.3 is 10.1 Å². The second kappa shape index (κ2) is 4.57. The van der Waals surface area contributed by atoms with Crippen molar-refractivity contribution in [2.75, 3.05) is 13.2 Å². The lowest BCUT2D eigenvalue weighted by molar-refractivity contribution is 0.108. The number of ether oxygens (including phenoxy) is 1. The zero-order valence-electron chi connectivity index (χ0n) is 8.49. The smallest absolute Gasteiger partial charge is 0.0700 e. The standard InChI is InChI=1S/C10H17N3O/c1-8(10-4-5-12-13-10)11-7-9-3-2-6-14-9/h4-5,8-9,11H,2-3,6-7H2,1H3,(H,12,13). The normalized spacial score (nSPS) is 23.9. The zero-order valence-corrected chi connectivity index (χ0v) is 8.49. The van der Waals surface area contributed by atoms with Gasteiger partial charge in [-0.3, -0.25) is 5.10 Å². The van der Waals surface area contributed by atoms with E-state index in [0.29, 0.717) is 12.1 Å². The lowest BCUT2D eigenvalue weighted by Gasteiger charge is -2.15. The van der Waals surface area contributed by atoms with Gasteiger partial charge in [0.2, 0.25) is 0 Å². The predicted molar refractivity (Wildman–Crippen MR) is 54.0 cm³/mol. The van der Waals surface area contributed by atoms with Gasteiger partial charge in [0.1, 0.15) is 0 Å². The average molecular weight is 195 g/mol. The van der Waals surface area contributed by atoms with Crippen molar-refractivity contribution in [1.29, 1.82) is 0 Å². The molecule has 0 amide bonds.